The molecule has 6 rings (SSSR count). The average Bonchev–Trinajstić information content (AvgIpc) is 3.37. The zero-order chi connectivity index (χ0) is 31.6. The lowest BCUT2D eigenvalue weighted by atomic mass is 9.94. The van der Waals surface area contributed by atoms with Crippen LogP contribution in [0.2, 0.25) is 0 Å². The van der Waals surface area contributed by atoms with Gasteiger partial charge in [0.05, 0.1) is 30.6 Å². The summed E-state index contributed by atoms with van der Waals surface area (Å²) in [5.41, 5.74) is 4.29. The SMILES string of the molecule is CC1(C)Cc2nc(N3CCOCC3Cc3cccc(Nc4ccc5c(c4)OCC(=O)N5)c3)sc2C(=O)N1.O=C(O)C(F)(F)F. The maximum absolute atomic E-state index is 12.6. The number of alkyl halides is 3. The van der Waals surface area contributed by atoms with E-state index in [1.165, 1.54) is 16.9 Å². The third-order valence-corrected chi connectivity index (χ3v) is 8.10. The lowest BCUT2D eigenvalue weighted by Gasteiger charge is -2.35. The number of halogens is 3. The normalized spacial score (nSPS) is 18.8. The van der Waals surface area contributed by atoms with E-state index >= 15 is 0 Å². The smallest absolute Gasteiger partial charge is 0.482 e. The molecular formula is C29H30F3N5O6S. The van der Waals surface area contributed by atoms with Gasteiger partial charge in [-0.15, -0.1) is 0 Å². The van der Waals surface area contributed by atoms with Crippen molar-refractivity contribution in [2.45, 2.75) is 44.4 Å². The number of aromatic nitrogens is 1. The van der Waals surface area contributed by atoms with Crippen LogP contribution in [0.3, 0.4) is 0 Å². The highest BCUT2D eigenvalue weighted by atomic mass is 32.1. The quantitative estimate of drug-likeness (QED) is 0.322. The lowest BCUT2D eigenvalue weighted by molar-refractivity contribution is -0.192. The summed E-state index contributed by atoms with van der Waals surface area (Å²) in [4.78, 5) is 41.0. The summed E-state index contributed by atoms with van der Waals surface area (Å²) in [5, 5.41) is 17.3. The number of hydrogen-bond donors (Lipinski definition) is 4. The first-order valence-electron chi connectivity index (χ1n) is 13.7. The molecule has 1 unspecified atom stereocenters. The van der Waals surface area contributed by atoms with E-state index in [0.717, 1.165) is 46.5 Å². The van der Waals surface area contributed by atoms with E-state index in [-0.39, 0.29) is 30.0 Å². The van der Waals surface area contributed by atoms with Crippen molar-refractivity contribution in [2.24, 2.45) is 0 Å². The Morgan fingerprint density at radius 3 is 2.70 bits per heavy atom. The van der Waals surface area contributed by atoms with Crippen LogP contribution in [0.4, 0.5) is 35.4 Å². The maximum Gasteiger partial charge on any atom is 0.490 e. The van der Waals surface area contributed by atoms with Crippen molar-refractivity contribution in [1.29, 1.82) is 0 Å². The molecule has 3 aliphatic rings. The third-order valence-electron chi connectivity index (χ3n) is 6.97. The van der Waals surface area contributed by atoms with Crippen molar-refractivity contribution in [1.82, 2.24) is 10.3 Å². The van der Waals surface area contributed by atoms with Crippen LogP contribution in [0.1, 0.15) is 34.8 Å². The van der Waals surface area contributed by atoms with Crippen LogP contribution in [-0.2, 0) is 27.2 Å². The van der Waals surface area contributed by atoms with Gasteiger partial charge in [-0.2, -0.15) is 13.2 Å². The standard InChI is InChI=1S/C27H29N5O4S.C2HF3O2/c1-27(2)13-21-24(25(34)31-27)37-26(30-21)32-8-9-35-14-19(32)11-16-4-3-5-17(10-16)28-18-6-7-20-22(12-18)36-15-23(33)29-20;3-2(4,5)1(6)7/h3-7,10,12,19,28H,8-9,11,13-15H2,1-2H3,(H,29,33)(H,31,34);(H,6,7). The molecule has 0 spiro atoms. The van der Waals surface area contributed by atoms with Crippen molar-refractivity contribution in [3.8, 4) is 5.75 Å². The molecule has 4 N–H and O–H groups in total. The first-order chi connectivity index (χ1) is 20.8. The minimum Gasteiger partial charge on any atom is -0.482 e. The van der Waals surface area contributed by atoms with Gasteiger partial charge in [-0.25, -0.2) is 9.78 Å². The van der Waals surface area contributed by atoms with Gasteiger partial charge in [0.25, 0.3) is 11.8 Å². The number of carboxylic acid groups (broad SMARTS) is 1. The van der Waals surface area contributed by atoms with Crippen LogP contribution < -0.4 is 25.6 Å². The van der Waals surface area contributed by atoms with Crippen molar-refractivity contribution in [3.63, 3.8) is 0 Å². The number of ether oxygens (including phenoxy) is 2. The van der Waals surface area contributed by atoms with Crippen LogP contribution in [0.15, 0.2) is 42.5 Å². The molecule has 0 aliphatic carbocycles. The summed E-state index contributed by atoms with van der Waals surface area (Å²) < 4.78 is 43.1. The molecule has 0 radical (unpaired) electrons. The number of anilines is 4. The molecule has 2 aromatic carbocycles. The van der Waals surface area contributed by atoms with Gasteiger partial charge in [-0.3, -0.25) is 9.59 Å². The number of morpholine rings is 1. The molecule has 0 bridgehead atoms. The van der Waals surface area contributed by atoms with E-state index in [9.17, 15) is 22.8 Å². The summed E-state index contributed by atoms with van der Waals surface area (Å²) in [6, 6.07) is 14.1. The zero-order valence-corrected chi connectivity index (χ0v) is 24.6. The number of benzene rings is 2. The van der Waals surface area contributed by atoms with Crippen molar-refractivity contribution >= 4 is 51.3 Å². The number of rotatable bonds is 5. The van der Waals surface area contributed by atoms with Gasteiger partial charge < -0.3 is 35.4 Å². The molecule has 4 heterocycles. The van der Waals surface area contributed by atoms with Gasteiger partial charge >= 0.3 is 12.1 Å². The van der Waals surface area contributed by atoms with Gasteiger partial charge in [-0.05, 0) is 50.1 Å². The molecule has 3 aromatic rings. The summed E-state index contributed by atoms with van der Waals surface area (Å²) in [6.07, 6.45) is -3.57. The van der Waals surface area contributed by atoms with Crippen molar-refractivity contribution < 1.29 is 42.1 Å². The first-order valence-corrected chi connectivity index (χ1v) is 14.5. The first kappa shape index (κ1) is 31.1. The zero-order valence-electron chi connectivity index (χ0n) is 23.8. The Hall–Kier alpha value is -4.37. The molecule has 1 fully saturated rings. The minimum atomic E-state index is -5.08. The number of carbonyl (C=O) groups excluding carboxylic acids is 2. The molecule has 1 atom stereocenters. The number of nitrogens with zero attached hydrogens (tertiary/aromatic N) is 2. The minimum absolute atomic E-state index is 0.0242. The summed E-state index contributed by atoms with van der Waals surface area (Å²) >= 11 is 1.48. The second kappa shape index (κ2) is 12.3. The van der Waals surface area contributed by atoms with Crippen LogP contribution >= 0.6 is 11.3 Å². The Labute approximate surface area is 254 Å². The number of fused-ring (bicyclic) bond motifs is 2. The molecular weight excluding hydrogens is 603 g/mol. The number of hydrogen-bond acceptors (Lipinski definition) is 9. The number of carboxylic acids is 1. The molecule has 234 valence electrons. The molecule has 11 nitrogen and oxygen atoms in total. The summed E-state index contributed by atoms with van der Waals surface area (Å²) in [5.74, 6) is -2.29. The van der Waals surface area contributed by atoms with E-state index in [0.29, 0.717) is 24.7 Å². The summed E-state index contributed by atoms with van der Waals surface area (Å²) in [6.45, 7) is 6.07. The molecule has 2 amide bonds. The summed E-state index contributed by atoms with van der Waals surface area (Å²) in [7, 11) is 0. The van der Waals surface area contributed by atoms with Crippen LogP contribution in [-0.4, -0.2) is 72.0 Å². The monoisotopic (exact) mass is 633 g/mol. The maximum atomic E-state index is 12.6. The topological polar surface area (TPSA) is 142 Å². The Balaban J connectivity index is 0.000000493. The number of amides is 2. The van der Waals surface area contributed by atoms with Gasteiger partial charge in [0, 0.05) is 35.9 Å². The molecule has 0 saturated carbocycles. The van der Waals surface area contributed by atoms with E-state index < -0.39 is 12.1 Å². The average molecular weight is 634 g/mol. The van der Waals surface area contributed by atoms with Gasteiger partial charge in [0.15, 0.2) is 11.7 Å². The molecule has 3 aliphatic heterocycles. The molecule has 15 heteroatoms. The molecule has 44 heavy (non-hydrogen) atoms. The highest BCUT2D eigenvalue weighted by Gasteiger charge is 2.38. The van der Waals surface area contributed by atoms with E-state index in [2.05, 4.69) is 33.0 Å². The second-order valence-corrected chi connectivity index (χ2v) is 12.1. The lowest BCUT2D eigenvalue weighted by Crippen LogP contribution is -2.48. The van der Waals surface area contributed by atoms with E-state index in [4.69, 9.17) is 24.4 Å². The van der Waals surface area contributed by atoms with Crippen LogP contribution in [0, 0.1) is 0 Å². The Morgan fingerprint density at radius 2 is 1.95 bits per heavy atom. The molecule has 1 saturated heterocycles. The second-order valence-electron chi connectivity index (χ2n) is 11.1. The highest BCUT2D eigenvalue weighted by Crippen LogP contribution is 2.35. The largest absolute Gasteiger partial charge is 0.490 e. The number of aliphatic carboxylic acids is 1. The number of thiazole rings is 1. The predicted molar refractivity (Wildman–Crippen MR) is 157 cm³/mol. The fourth-order valence-corrected chi connectivity index (χ4v) is 6.10. The van der Waals surface area contributed by atoms with Gasteiger partial charge in [0.2, 0.25) is 0 Å². The fourth-order valence-electron chi connectivity index (χ4n) is 5.03. The Kier molecular flexibility index (Phi) is 8.70. The third kappa shape index (κ3) is 7.39. The fraction of sp³-hybridized carbons (Fsp3) is 0.379. The number of carbonyl (C=O) groups is 3. The molecule has 1 aromatic heterocycles. The van der Waals surface area contributed by atoms with Crippen LogP contribution in [0.25, 0.3) is 0 Å². The Morgan fingerprint density at radius 1 is 1.20 bits per heavy atom. The van der Waals surface area contributed by atoms with E-state index in [1.54, 1.807) is 0 Å². The predicted octanol–water partition coefficient (Wildman–Crippen LogP) is 4.36. The van der Waals surface area contributed by atoms with Gasteiger partial charge in [-0.1, -0.05) is 23.5 Å². The van der Waals surface area contributed by atoms with Crippen molar-refractivity contribution in [2.75, 3.05) is 41.9 Å². The highest BCUT2D eigenvalue weighted by molar-refractivity contribution is 7.17. The van der Waals surface area contributed by atoms with Crippen LogP contribution in [0.5, 0.6) is 5.75 Å². The van der Waals surface area contributed by atoms with Gasteiger partial charge in [0.1, 0.15) is 10.6 Å². The number of nitrogens with one attached hydrogen (secondary N) is 3. The Bertz CT molecular complexity index is 1580. The van der Waals surface area contributed by atoms with Crippen molar-refractivity contribution in [3.05, 3.63) is 58.6 Å². The van der Waals surface area contributed by atoms with E-state index in [1.807, 2.05) is 44.2 Å².